The lowest BCUT2D eigenvalue weighted by molar-refractivity contribution is 0.0461. The van der Waals surface area contributed by atoms with Crippen LogP contribution >= 0.6 is 11.6 Å². The summed E-state index contributed by atoms with van der Waals surface area (Å²) >= 11 is 5.97. The fraction of sp³-hybridized carbons (Fsp3) is 0.292. The third kappa shape index (κ3) is 3.91. The van der Waals surface area contributed by atoms with Gasteiger partial charge in [-0.25, -0.2) is 9.78 Å². The molecule has 0 saturated heterocycles. The Labute approximate surface area is 193 Å². The molecule has 1 N–H and O–H groups in total. The number of benzene rings is 2. The molecular formula is C24H20ClN3O5. The molecule has 1 aromatic heterocycles. The van der Waals surface area contributed by atoms with E-state index in [9.17, 15) is 19.2 Å². The lowest BCUT2D eigenvalue weighted by Crippen LogP contribution is -2.40. The molecule has 2 amide bonds. The Morgan fingerprint density at radius 1 is 1.03 bits per heavy atom. The number of aromatic nitrogens is 2. The van der Waals surface area contributed by atoms with Gasteiger partial charge in [0, 0.05) is 11.1 Å². The fourth-order valence-electron chi connectivity index (χ4n) is 4.50. The summed E-state index contributed by atoms with van der Waals surface area (Å²) in [5.41, 5.74) is 0.687. The van der Waals surface area contributed by atoms with Crippen molar-refractivity contribution in [1.29, 1.82) is 0 Å². The quantitative estimate of drug-likeness (QED) is 0.462. The summed E-state index contributed by atoms with van der Waals surface area (Å²) in [5, 5.41) is 0.807. The van der Waals surface area contributed by atoms with E-state index in [0.29, 0.717) is 21.5 Å². The number of hydrogen-bond acceptors (Lipinski definition) is 6. The van der Waals surface area contributed by atoms with Crippen molar-refractivity contribution in [3.8, 4) is 0 Å². The number of hydrogen-bond donors (Lipinski definition) is 1. The minimum absolute atomic E-state index is 0.0918. The third-order valence-electron chi connectivity index (χ3n) is 6.15. The molecular weight excluding hydrogens is 446 g/mol. The highest BCUT2D eigenvalue weighted by Crippen LogP contribution is 2.31. The maximum absolute atomic E-state index is 12.9. The number of rotatable bonds is 4. The van der Waals surface area contributed by atoms with Crippen LogP contribution in [0.4, 0.5) is 0 Å². The predicted molar refractivity (Wildman–Crippen MR) is 120 cm³/mol. The van der Waals surface area contributed by atoms with E-state index >= 15 is 0 Å². The highest BCUT2D eigenvalue weighted by Gasteiger charge is 2.40. The number of carbonyl (C=O) groups excluding carboxylic acids is 3. The number of aromatic amines is 1. The fourth-order valence-corrected chi connectivity index (χ4v) is 4.67. The van der Waals surface area contributed by atoms with Gasteiger partial charge < -0.3 is 9.72 Å². The molecule has 5 rings (SSSR count). The molecule has 2 aliphatic rings. The average Bonchev–Trinajstić information content (AvgIpc) is 3.07. The minimum atomic E-state index is -0.692. The molecule has 3 aromatic rings. The first-order valence-electron chi connectivity index (χ1n) is 10.8. The molecule has 0 radical (unpaired) electrons. The van der Waals surface area contributed by atoms with Gasteiger partial charge in [0.15, 0.2) is 0 Å². The Kier molecular flexibility index (Phi) is 5.46. The second-order valence-corrected chi connectivity index (χ2v) is 8.72. The molecule has 0 unspecified atom stereocenters. The highest BCUT2D eigenvalue weighted by molar-refractivity contribution is 6.31. The van der Waals surface area contributed by atoms with Gasteiger partial charge in [-0.05, 0) is 49.2 Å². The minimum Gasteiger partial charge on any atom is -0.454 e. The zero-order chi connectivity index (χ0) is 23.1. The van der Waals surface area contributed by atoms with Crippen molar-refractivity contribution < 1.29 is 19.1 Å². The Morgan fingerprint density at radius 2 is 1.79 bits per heavy atom. The molecule has 1 fully saturated rings. The van der Waals surface area contributed by atoms with Gasteiger partial charge >= 0.3 is 5.97 Å². The van der Waals surface area contributed by atoms with Gasteiger partial charge in [-0.15, -0.1) is 0 Å². The molecule has 9 heteroatoms. The number of fused-ring (bicyclic) bond motifs is 2. The number of amides is 2. The normalized spacial score (nSPS) is 16.3. The van der Waals surface area contributed by atoms with Crippen LogP contribution in [-0.4, -0.2) is 38.7 Å². The summed E-state index contributed by atoms with van der Waals surface area (Å²) in [6.45, 7) is -0.269. The summed E-state index contributed by atoms with van der Waals surface area (Å²) in [7, 11) is 0. The van der Waals surface area contributed by atoms with Crippen LogP contribution in [0.1, 0.15) is 69.0 Å². The van der Waals surface area contributed by atoms with Crippen molar-refractivity contribution in [2.75, 3.05) is 0 Å². The van der Waals surface area contributed by atoms with Gasteiger partial charge in [0.05, 0.1) is 27.6 Å². The van der Waals surface area contributed by atoms with E-state index in [1.165, 1.54) is 23.1 Å². The summed E-state index contributed by atoms with van der Waals surface area (Å²) in [4.78, 5) is 58.8. The van der Waals surface area contributed by atoms with E-state index in [1.54, 1.807) is 18.2 Å². The van der Waals surface area contributed by atoms with Crippen molar-refractivity contribution in [2.24, 2.45) is 0 Å². The summed E-state index contributed by atoms with van der Waals surface area (Å²) in [5.74, 6) is -1.20. The van der Waals surface area contributed by atoms with E-state index in [-0.39, 0.29) is 47.0 Å². The number of esters is 1. The summed E-state index contributed by atoms with van der Waals surface area (Å²) < 4.78 is 5.30. The van der Waals surface area contributed by atoms with Crippen molar-refractivity contribution in [3.63, 3.8) is 0 Å². The number of nitrogens with zero attached hydrogens (tertiary/aromatic N) is 2. The van der Waals surface area contributed by atoms with E-state index < -0.39 is 5.97 Å². The SMILES string of the molecule is O=C(OCc1nc2cc(Cl)ccc2c(=O)[nH]1)c1ccc2c(c1)C(=O)N(C1CCCCC1)C2=O. The maximum Gasteiger partial charge on any atom is 0.338 e. The molecule has 2 heterocycles. The molecule has 8 nitrogen and oxygen atoms in total. The van der Waals surface area contributed by atoms with Crippen LogP contribution in [0.2, 0.25) is 5.02 Å². The zero-order valence-electron chi connectivity index (χ0n) is 17.6. The summed E-state index contributed by atoms with van der Waals surface area (Å²) in [6.07, 6.45) is 4.71. The number of H-pyrrole nitrogens is 1. The molecule has 0 spiro atoms. The van der Waals surface area contributed by atoms with Crippen molar-refractivity contribution >= 4 is 40.3 Å². The van der Waals surface area contributed by atoms with Gasteiger partial charge in [-0.2, -0.15) is 0 Å². The van der Waals surface area contributed by atoms with Gasteiger partial charge in [0.25, 0.3) is 17.4 Å². The second-order valence-electron chi connectivity index (χ2n) is 8.28. The van der Waals surface area contributed by atoms with Crippen LogP contribution in [0, 0.1) is 0 Å². The van der Waals surface area contributed by atoms with Crippen molar-refractivity contribution in [3.05, 3.63) is 74.3 Å². The van der Waals surface area contributed by atoms with Crippen LogP contribution in [0.15, 0.2) is 41.2 Å². The monoisotopic (exact) mass is 465 g/mol. The van der Waals surface area contributed by atoms with E-state index in [4.69, 9.17) is 16.3 Å². The second kappa shape index (κ2) is 8.44. The predicted octanol–water partition coefficient (Wildman–Crippen LogP) is 3.86. The molecule has 0 bridgehead atoms. The Morgan fingerprint density at radius 3 is 2.58 bits per heavy atom. The molecule has 33 heavy (non-hydrogen) atoms. The van der Waals surface area contributed by atoms with E-state index in [0.717, 1.165) is 32.1 Å². The topological polar surface area (TPSA) is 109 Å². The number of imide groups is 1. The first-order chi connectivity index (χ1) is 15.9. The number of carbonyl (C=O) groups is 3. The largest absolute Gasteiger partial charge is 0.454 e. The van der Waals surface area contributed by atoms with Gasteiger partial charge in [-0.1, -0.05) is 30.9 Å². The average molecular weight is 466 g/mol. The van der Waals surface area contributed by atoms with E-state index in [1.807, 2.05) is 0 Å². The molecule has 1 aliphatic carbocycles. The Balaban J connectivity index is 1.33. The molecule has 2 aromatic carbocycles. The number of ether oxygens (including phenoxy) is 1. The zero-order valence-corrected chi connectivity index (χ0v) is 18.4. The van der Waals surface area contributed by atoms with Crippen LogP contribution in [0.25, 0.3) is 10.9 Å². The van der Waals surface area contributed by atoms with Crippen LogP contribution in [0.3, 0.4) is 0 Å². The highest BCUT2D eigenvalue weighted by atomic mass is 35.5. The molecule has 1 saturated carbocycles. The Hall–Kier alpha value is -3.52. The first kappa shape index (κ1) is 21.3. The summed E-state index contributed by atoms with van der Waals surface area (Å²) in [6, 6.07) is 8.98. The van der Waals surface area contributed by atoms with Crippen molar-refractivity contribution in [1.82, 2.24) is 14.9 Å². The lowest BCUT2D eigenvalue weighted by Gasteiger charge is -2.29. The van der Waals surface area contributed by atoms with Crippen LogP contribution < -0.4 is 5.56 Å². The Bertz CT molecular complexity index is 1360. The van der Waals surface area contributed by atoms with E-state index in [2.05, 4.69) is 9.97 Å². The van der Waals surface area contributed by atoms with Crippen molar-refractivity contribution in [2.45, 2.75) is 44.8 Å². The lowest BCUT2D eigenvalue weighted by atomic mass is 9.94. The number of halogens is 1. The number of nitrogens with one attached hydrogen (secondary N) is 1. The standard InChI is InChI=1S/C24H20ClN3O5/c25-14-7-9-17-19(11-14)26-20(27-21(17)29)12-33-24(32)13-6-8-16-18(10-13)23(31)28(22(16)30)15-4-2-1-3-5-15/h6-11,15H,1-5,12H2,(H,26,27,29). The van der Waals surface area contributed by atoms with Gasteiger partial charge in [0.1, 0.15) is 12.4 Å². The first-order valence-corrected chi connectivity index (χ1v) is 11.2. The third-order valence-corrected chi connectivity index (χ3v) is 6.39. The molecule has 0 atom stereocenters. The van der Waals surface area contributed by atoms with Gasteiger partial charge in [-0.3, -0.25) is 19.3 Å². The molecule has 1 aliphatic heterocycles. The van der Waals surface area contributed by atoms with Crippen LogP contribution in [-0.2, 0) is 11.3 Å². The molecule has 168 valence electrons. The van der Waals surface area contributed by atoms with Crippen LogP contribution in [0.5, 0.6) is 0 Å². The smallest absolute Gasteiger partial charge is 0.338 e. The maximum atomic E-state index is 12.9. The van der Waals surface area contributed by atoms with Gasteiger partial charge in [0.2, 0.25) is 0 Å².